The maximum absolute atomic E-state index is 14.6. The minimum atomic E-state index is -3.89. The number of ketones is 3. The van der Waals surface area contributed by atoms with Crippen molar-refractivity contribution >= 4 is 39.2 Å². The Morgan fingerprint density at radius 2 is 1.60 bits per heavy atom. The number of allylic oxidation sites excluding steroid dienone is 6. The molecule has 0 spiro atoms. The lowest BCUT2D eigenvalue weighted by atomic mass is 9.78. The standard InChI is InChI=1S/C56H90N2O16S/c1-35-17-13-12-14-18-36(2)45(57(8)75(67,68)28-27-69-9)33-43-22-20-41(7)56(66,74-43)53(63)54(64)58-24-16-15-19-44(58)55(65)73-48(38(4)31-42-21-23-47(72-26-25-59)49(32-42)70-10)34-46(60)37(3)30-40(6)51(62)52(71-11)50(61)39(5)29-35/h12-14,17-18,30,35,37-39,41-45,47-49,51-52,59,62,66H,15-16,19-29,31-34H2,1-11H3/b14-12+,17-13+,36-18+,40-30+. The molecule has 3 N–H and O–H groups in total. The molecule has 2 bridgehead atoms. The molecule has 1 saturated carbocycles. The summed E-state index contributed by atoms with van der Waals surface area (Å²) >= 11 is 0. The minimum absolute atomic E-state index is 0.0162. The number of esters is 1. The molecule has 18 nitrogen and oxygen atoms in total. The van der Waals surface area contributed by atoms with E-state index in [0.29, 0.717) is 56.1 Å². The number of methoxy groups -OCH3 is 3. The molecule has 15 unspecified atom stereocenters. The molecule has 1 aliphatic carbocycles. The Morgan fingerprint density at radius 3 is 2.27 bits per heavy atom. The van der Waals surface area contributed by atoms with Crippen molar-refractivity contribution in [1.82, 2.24) is 9.21 Å². The molecule has 0 aromatic carbocycles. The van der Waals surface area contributed by atoms with E-state index < -0.39 is 87.7 Å². The van der Waals surface area contributed by atoms with Crippen LogP contribution in [0.3, 0.4) is 0 Å². The van der Waals surface area contributed by atoms with E-state index in [1.54, 1.807) is 66.0 Å². The van der Waals surface area contributed by atoms with E-state index in [2.05, 4.69) is 0 Å². The molecule has 0 radical (unpaired) electrons. The van der Waals surface area contributed by atoms with Crippen LogP contribution >= 0.6 is 0 Å². The van der Waals surface area contributed by atoms with E-state index in [0.717, 1.165) is 11.3 Å². The zero-order valence-corrected chi connectivity index (χ0v) is 47.3. The molecule has 3 heterocycles. The third kappa shape index (κ3) is 17.5. The average molecular weight is 1080 g/mol. The van der Waals surface area contributed by atoms with Crippen LogP contribution < -0.4 is 0 Å². The van der Waals surface area contributed by atoms with Crippen LogP contribution in [0.2, 0.25) is 0 Å². The van der Waals surface area contributed by atoms with Gasteiger partial charge in [-0.05, 0) is 108 Å². The Bertz CT molecular complexity index is 2140. The smallest absolute Gasteiger partial charge is 0.329 e. The van der Waals surface area contributed by atoms with E-state index >= 15 is 0 Å². The minimum Gasteiger partial charge on any atom is -0.460 e. The number of aliphatic hydroxyl groups is 3. The number of carbonyl (C=O) groups excluding carboxylic acids is 5. The lowest BCUT2D eigenvalue weighted by Crippen LogP contribution is -2.61. The monoisotopic (exact) mass is 1080 g/mol. The summed E-state index contributed by atoms with van der Waals surface area (Å²) in [6.07, 6.45) is 10.4. The molecule has 75 heavy (non-hydrogen) atoms. The highest BCUT2D eigenvalue weighted by atomic mass is 32.2. The van der Waals surface area contributed by atoms with Gasteiger partial charge in [0.05, 0.1) is 43.9 Å². The maximum atomic E-state index is 14.6. The van der Waals surface area contributed by atoms with Crippen molar-refractivity contribution in [3.05, 3.63) is 47.6 Å². The third-order valence-electron chi connectivity index (χ3n) is 16.0. The van der Waals surface area contributed by atoms with Crippen molar-refractivity contribution in [2.75, 3.05) is 60.5 Å². The first-order chi connectivity index (χ1) is 35.4. The van der Waals surface area contributed by atoms with Crippen molar-refractivity contribution in [3.8, 4) is 0 Å². The van der Waals surface area contributed by atoms with Crippen molar-refractivity contribution in [2.45, 2.75) is 180 Å². The number of sulfonamides is 1. The van der Waals surface area contributed by atoms with E-state index in [9.17, 15) is 47.7 Å². The van der Waals surface area contributed by atoms with Crippen LogP contribution in [-0.2, 0) is 62.4 Å². The molecule has 4 rings (SSSR count). The Kier molecular flexibility index (Phi) is 25.6. The van der Waals surface area contributed by atoms with E-state index in [-0.39, 0.29) is 99.3 Å². The summed E-state index contributed by atoms with van der Waals surface area (Å²) < 4.78 is 63.4. The lowest BCUT2D eigenvalue weighted by molar-refractivity contribution is -0.264. The number of nitrogens with zero attached hydrogens (tertiary/aromatic N) is 2. The summed E-state index contributed by atoms with van der Waals surface area (Å²) in [7, 11) is 1.95. The number of fused-ring (bicyclic) bond motifs is 3. The molecule has 3 aliphatic heterocycles. The van der Waals surface area contributed by atoms with Gasteiger partial charge in [0.15, 0.2) is 5.78 Å². The van der Waals surface area contributed by atoms with Gasteiger partial charge in [-0.2, -0.15) is 4.31 Å². The number of aliphatic hydroxyl groups excluding tert-OH is 2. The predicted molar refractivity (Wildman–Crippen MR) is 282 cm³/mol. The summed E-state index contributed by atoms with van der Waals surface area (Å²) in [4.78, 5) is 72.9. The largest absolute Gasteiger partial charge is 0.460 e. The first-order valence-corrected chi connectivity index (χ1v) is 28.7. The van der Waals surface area contributed by atoms with Gasteiger partial charge >= 0.3 is 5.97 Å². The molecule has 3 fully saturated rings. The fraction of sp³-hybridized carbons (Fsp3) is 0.768. The summed E-state index contributed by atoms with van der Waals surface area (Å²) in [6.45, 7) is 12.4. The Balaban J connectivity index is 1.76. The molecular weight excluding hydrogens is 989 g/mol. The van der Waals surface area contributed by atoms with Crippen molar-refractivity contribution < 1.29 is 76.1 Å². The first kappa shape index (κ1) is 64.0. The molecular formula is C56H90N2O16S. The fourth-order valence-electron chi connectivity index (χ4n) is 11.2. The normalized spacial score (nSPS) is 36.9. The summed E-state index contributed by atoms with van der Waals surface area (Å²) in [5.74, 6) is -9.15. The lowest BCUT2D eigenvalue weighted by Gasteiger charge is -2.43. The van der Waals surface area contributed by atoms with Crippen molar-refractivity contribution in [2.24, 2.45) is 35.5 Å². The first-order valence-electron chi connectivity index (χ1n) is 27.1. The number of Topliss-reactive ketones (excluding diaryl/α,β-unsaturated/α-hetero) is 3. The number of likely N-dealkylation sites (N-methyl/N-ethyl adjacent to an activating group) is 1. The van der Waals surface area contributed by atoms with Gasteiger partial charge in [0.1, 0.15) is 30.1 Å². The van der Waals surface area contributed by atoms with Crippen LogP contribution in [0.25, 0.3) is 0 Å². The summed E-state index contributed by atoms with van der Waals surface area (Å²) in [6, 6.07) is -2.02. The average Bonchev–Trinajstić information content (AvgIpc) is 3.38. The molecule has 426 valence electrons. The SMILES string of the molecule is COCCS(=O)(=O)N(C)C1CC2CCC(C)C(O)(O2)C(=O)C(=O)N2CCCCC2C(=O)OC(C(C)CC2CCC(OCCO)C(OC)C2)CC(=O)C(C)/C=C(\C)C(O)C(OC)C(=O)C(C)CC(C)/C=C/C=C/C=C/1C. The van der Waals surface area contributed by atoms with Crippen LogP contribution in [0.1, 0.15) is 126 Å². The topological polar surface area (TPSA) is 242 Å². The molecule has 1 amide bonds. The van der Waals surface area contributed by atoms with E-state index in [1.165, 1.54) is 25.6 Å². The van der Waals surface area contributed by atoms with Gasteiger partial charge in [-0.15, -0.1) is 0 Å². The summed E-state index contributed by atoms with van der Waals surface area (Å²) in [5.41, 5.74) is 0.988. The Morgan fingerprint density at radius 1 is 0.880 bits per heavy atom. The molecule has 15 atom stereocenters. The highest BCUT2D eigenvalue weighted by Crippen LogP contribution is 2.38. The molecule has 0 aromatic rings. The highest BCUT2D eigenvalue weighted by molar-refractivity contribution is 7.89. The number of amides is 1. The van der Waals surface area contributed by atoms with Crippen LogP contribution in [0.5, 0.6) is 0 Å². The van der Waals surface area contributed by atoms with Gasteiger partial charge in [-0.1, -0.05) is 76.6 Å². The number of carbonyl (C=O) groups is 5. The summed E-state index contributed by atoms with van der Waals surface area (Å²) in [5, 5.41) is 33.1. The number of piperidine rings is 1. The van der Waals surface area contributed by atoms with Crippen LogP contribution in [0.4, 0.5) is 0 Å². The predicted octanol–water partition coefficient (Wildman–Crippen LogP) is 5.46. The van der Waals surface area contributed by atoms with Gasteiger partial charge in [0.2, 0.25) is 15.8 Å². The zero-order chi connectivity index (χ0) is 55.8. The van der Waals surface area contributed by atoms with Gasteiger partial charge < -0.3 is 48.6 Å². The van der Waals surface area contributed by atoms with Crippen molar-refractivity contribution in [3.63, 3.8) is 0 Å². The van der Waals surface area contributed by atoms with E-state index in [4.69, 9.17) is 28.4 Å². The number of rotatable bonds is 13. The molecule has 4 aliphatic rings. The number of hydrogen-bond donors (Lipinski definition) is 3. The second kappa shape index (κ2) is 30.0. The number of cyclic esters (lactones) is 1. The van der Waals surface area contributed by atoms with Crippen LogP contribution in [0, 0.1) is 35.5 Å². The van der Waals surface area contributed by atoms with Gasteiger partial charge in [0.25, 0.3) is 11.7 Å². The highest BCUT2D eigenvalue weighted by Gasteiger charge is 2.53. The zero-order valence-electron chi connectivity index (χ0n) is 46.5. The molecule has 19 heteroatoms. The van der Waals surface area contributed by atoms with Crippen LogP contribution in [0.15, 0.2) is 47.6 Å². The third-order valence-corrected chi connectivity index (χ3v) is 17.9. The van der Waals surface area contributed by atoms with Crippen LogP contribution in [-0.4, -0.2) is 177 Å². The maximum Gasteiger partial charge on any atom is 0.329 e. The Hall–Kier alpha value is -3.50. The van der Waals surface area contributed by atoms with Crippen molar-refractivity contribution in [1.29, 1.82) is 0 Å². The Labute approximate surface area is 446 Å². The second-order valence-corrected chi connectivity index (χ2v) is 23.9. The van der Waals surface area contributed by atoms with E-state index in [1.807, 2.05) is 26.0 Å². The number of ether oxygens (including phenoxy) is 6. The second-order valence-electron chi connectivity index (χ2n) is 21.8. The quantitative estimate of drug-likeness (QED) is 0.118. The molecule has 2 saturated heterocycles. The van der Waals surface area contributed by atoms with Gasteiger partial charge in [-0.25, -0.2) is 13.2 Å². The molecule has 0 aromatic heterocycles. The fourth-order valence-corrected chi connectivity index (χ4v) is 12.5. The van der Waals surface area contributed by atoms with Gasteiger partial charge in [-0.3, -0.25) is 19.2 Å². The number of hydrogen-bond acceptors (Lipinski definition) is 16. The van der Waals surface area contributed by atoms with Gasteiger partial charge in [0, 0.05) is 65.1 Å².